The van der Waals surface area contributed by atoms with Crippen LogP contribution >= 0.6 is 0 Å². The fourth-order valence-corrected chi connectivity index (χ4v) is 2.76. The molecule has 0 aliphatic carbocycles. The average Bonchev–Trinajstić information content (AvgIpc) is 2.50. The lowest BCUT2D eigenvalue weighted by atomic mass is 10.2. The van der Waals surface area contributed by atoms with E-state index >= 15 is 0 Å². The number of hydrogen-bond acceptors (Lipinski definition) is 4. The van der Waals surface area contributed by atoms with Gasteiger partial charge in [-0.3, -0.25) is 4.79 Å². The Morgan fingerprint density at radius 2 is 2.05 bits per heavy atom. The minimum Gasteiger partial charge on any atom is -0.495 e. The lowest BCUT2D eigenvalue weighted by Gasteiger charge is -2.14. The molecule has 0 unspecified atom stereocenters. The molecule has 7 heteroatoms. The quantitative estimate of drug-likeness (QED) is 0.770. The van der Waals surface area contributed by atoms with E-state index in [1.807, 2.05) is 6.92 Å². The maximum absolute atomic E-state index is 12.3. The van der Waals surface area contributed by atoms with Gasteiger partial charge >= 0.3 is 0 Å². The first kappa shape index (κ1) is 18.2. The van der Waals surface area contributed by atoms with Crippen LogP contribution in [0.3, 0.4) is 0 Å². The van der Waals surface area contributed by atoms with E-state index in [-0.39, 0.29) is 16.6 Å². The van der Waals surface area contributed by atoms with Gasteiger partial charge in [0.05, 0.1) is 7.11 Å². The number of rotatable bonds is 7. The van der Waals surface area contributed by atoms with Gasteiger partial charge in [0, 0.05) is 26.7 Å². The molecule has 0 bridgehead atoms. The van der Waals surface area contributed by atoms with Crippen molar-refractivity contribution in [3.05, 3.63) is 29.8 Å². The van der Waals surface area contributed by atoms with Crippen LogP contribution in [0.1, 0.15) is 18.9 Å². The molecule has 1 aromatic carbocycles. The van der Waals surface area contributed by atoms with Gasteiger partial charge in [-0.1, -0.05) is 13.0 Å². The number of carbonyl (C=O) groups excluding carboxylic acids is 1. The zero-order chi connectivity index (χ0) is 16.8. The van der Waals surface area contributed by atoms with Crippen LogP contribution in [0.25, 0.3) is 6.08 Å². The van der Waals surface area contributed by atoms with Gasteiger partial charge in [-0.25, -0.2) is 12.7 Å². The second-order valence-corrected chi connectivity index (χ2v) is 6.94. The standard InChI is InChI=1S/C15H22N2O4S/c1-5-10-16-15(18)9-7-12-6-8-13(21-4)14(11-12)22(19,20)17(2)3/h6-9,11H,5,10H2,1-4H3,(H,16,18)/b9-7+. The van der Waals surface area contributed by atoms with Crippen molar-refractivity contribution in [1.82, 2.24) is 9.62 Å². The first-order valence-corrected chi connectivity index (χ1v) is 8.33. The third-order valence-electron chi connectivity index (χ3n) is 2.92. The lowest BCUT2D eigenvalue weighted by molar-refractivity contribution is -0.116. The van der Waals surface area contributed by atoms with Crippen LogP contribution in [0.15, 0.2) is 29.2 Å². The summed E-state index contributed by atoms with van der Waals surface area (Å²) in [5.74, 6) is 0.0518. The van der Waals surface area contributed by atoms with E-state index in [2.05, 4.69) is 5.32 Å². The fraction of sp³-hybridized carbons (Fsp3) is 0.400. The second-order valence-electron chi connectivity index (χ2n) is 4.82. The number of methoxy groups -OCH3 is 1. The number of benzene rings is 1. The van der Waals surface area contributed by atoms with E-state index in [9.17, 15) is 13.2 Å². The number of nitrogens with one attached hydrogen (secondary N) is 1. The largest absolute Gasteiger partial charge is 0.495 e. The highest BCUT2D eigenvalue weighted by atomic mass is 32.2. The van der Waals surface area contributed by atoms with Crippen molar-refractivity contribution >= 4 is 22.0 Å². The van der Waals surface area contributed by atoms with E-state index in [1.165, 1.54) is 33.3 Å². The zero-order valence-electron chi connectivity index (χ0n) is 13.3. The fourth-order valence-electron chi connectivity index (χ4n) is 1.67. The summed E-state index contributed by atoms with van der Waals surface area (Å²) in [5.41, 5.74) is 0.605. The molecule has 0 atom stereocenters. The molecule has 6 nitrogen and oxygen atoms in total. The van der Waals surface area contributed by atoms with E-state index < -0.39 is 10.0 Å². The molecule has 0 saturated heterocycles. The molecule has 1 aromatic rings. The molecular weight excluding hydrogens is 304 g/mol. The van der Waals surface area contributed by atoms with Gasteiger partial charge in [0.2, 0.25) is 15.9 Å². The number of amides is 1. The second kappa shape index (κ2) is 7.95. The van der Waals surface area contributed by atoms with Crippen LogP contribution in [0.2, 0.25) is 0 Å². The number of ether oxygens (including phenoxy) is 1. The molecule has 0 aliphatic rings. The summed E-state index contributed by atoms with van der Waals surface area (Å²) in [6, 6.07) is 4.74. The predicted molar refractivity (Wildman–Crippen MR) is 86.2 cm³/mol. The van der Waals surface area contributed by atoms with Crippen molar-refractivity contribution in [2.45, 2.75) is 18.2 Å². The van der Waals surface area contributed by atoms with E-state index in [4.69, 9.17) is 4.74 Å². The summed E-state index contributed by atoms with van der Waals surface area (Å²) in [4.78, 5) is 11.6. The molecule has 0 heterocycles. The van der Waals surface area contributed by atoms with Gasteiger partial charge in [0.15, 0.2) is 0 Å². The molecule has 0 aromatic heterocycles. The Hall–Kier alpha value is -1.86. The van der Waals surface area contributed by atoms with E-state index in [0.29, 0.717) is 12.1 Å². The summed E-state index contributed by atoms with van der Waals surface area (Å²) < 4.78 is 30.8. The lowest BCUT2D eigenvalue weighted by Crippen LogP contribution is -2.23. The normalized spacial score (nSPS) is 11.9. The van der Waals surface area contributed by atoms with Crippen molar-refractivity contribution in [1.29, 1.82) is 0 Å². The van der Waals surface area contributed by atoms with Gasteiger partial charge in [-0.05, 0) is 30.2 Å². The van der Waals surface area contributed by atoms with Gasteiger partial charge in [0.1, 0.15) is 10.6 Å². The molecule has 0 radical (unpaired) electrons. The first-order valence-electron chi connectivity index (χ1n) is 6.89. The maximum atomic E-state index is 12.3. The van der Waals surface area contributed by atoms with Crippen LogP contribution in [-0.4, -0.2) is 46.4 Å². The van der Waals surface area contributed by atoms with Crippen molar-refractivity contribution in [2.75, 3.05) is 27.7 Å². The Kier molecular flexibility index (Phi) is 6.58. The predicted octanol–water partition coefficient (Wildman–Crippen LogP) is 1.48. The molecule has 122 valence electrons. The Balaban J connectivity index is 3.11. The molecule has 1 rings (SSSR count). The summed E-state index contributed by atoms with van der Waals surface area (Å²) in [7, 11) is 0.701. The van der Waals surface area contributed by atoms with Crippen LogP contribution in [0.4, 0.5) is 0 Å². The van der Waals surface area contributed by atoms with E-state index in [0.717, 1.165) is 10.7 Å². The minimum absolute atomic E-state index is 0.0658. The summed E-state index contributed by atoms with van der Waals surface area (Å²) in [6.45, 7) is 2.57. The van der Waals surface area contributed by atoms with Gasteiger partial charge in [-0.15, -0.1) is 0 Å². The number of hydrogen-bond donors (Lipinski definition) is 1. The Morgan fingerprint density at radius 1 is 1.36 bits per heavy atom. The monoisotopic (exact) mass is 326 g/mol. The summed E-state index contributed by atoms with van der Waals surface area (Å²) in [5, 5.41) is 2.71. The molecule has 0 aliphatic heterocycles. The van der Waals surface area contributed by atoms with Crippen LogP contribution in [-0.2, 0) is 14.8 Å². The molecule has 1 amide bonds. The van der Waals surface area contributed by atoms with Crippen molar-refractivity contribution in [3.8, 4) is 5.75 Å². The van der Waals surface area contributed by atoms with Crippen molar-refractivity contribution < 1.29 is 17.9 Å². The Labute approximate surface area is 131 Å². The van der Waals surface area contributed by atoms with Crippen LogP contribution < -0.4 is 10.1 Å². The Bertz CT molecular complexity index is 652. The highest BCUT2D eigenvalue weighted by Crippen LogP contribution is 2.27. The minimum atomic E-state index is -3.62. The average molecular weight is 326 g/mol. The van der Waals surface area contributed by atoms with Gasteiger partial charge < -0.3 is 10.1 Å². The van der Waals surface area contributed by atoms with Gasteiger partial charge in [-0.2, -0.15) is 0 Å². The molecule has 0 fully saturated rings. The first-order chi connectivity index (χ1) is 10.3. The summed E-state index contributed by atoms with van der Waals surface area (Å²) >= 11 is 0. The third kappa shape index (κ3) is 4.57. The number of carbonyl (C=O) groups is 1. The molecular formula is C15H22N2O4S. The topological polar surface area (TPSA) is 75.7 Å². The van der Waals surface area contributed by atoms with Gasteiger partial charge in [0.25, 0.3) is 0 Å². The molecule has 22 heavy (non-hydrogen) atoms. The molecule has 0 spiro atoms. The van der Waals surface area contributed by atoms with Crippen molar-refractivity contribution in [2.24, 2.45) is 0 Å². The third-order valence-corrected chi connectivity index (χ3v) is 4.76. The highest BCUT2D eigenvalue weighted by Gasteiger charge is 2.22. The summed E-state index contributed by atoms with van der Waals surface area (Å²) in [6.07, 6.45) is 3.80. The number of sulfonamides is 1. The van der Waals surface area contributed by atoms with E-state index in [1.54, 1.807) is 18.2 Å². The highest BCUT2D eigenvalue weighted by molar-refractivity contribution is 7.89. The molecule has 0 saturated carbocycles. The zero-order valence-corrected chi connectivity index (χ0v) is 14.1. The Morgan fingerprint density at radius 3 is 2.59 bits per heavy atom. The smallest absolute Gasteiger partial charge is 0.246 e. The number of nitrogens with zero attached hydrogens (tertiary/aromatic N) is 1. The van der Waals surface area contributed by atoms with Crippen LogP contribution in [0, 0.1) is 0 Å². The van der Waals surface area contributed by atoms with Crippen LogP contribution in [0.5, 0.6) is 5.75 Å². The molecule has 1 N–H and O–H groups in total. The SMILES string of the molecule is CCCNC(=O)/C=C/c1ccc(OC)c(S(=O)(=O)N(C)C)c1. The van der Waals surface area contributed by atoms with Crippen molar-refractivity contribution in [3.63, 3.8) is 0 Å². The maximum Gasteiger partial charge on any atom is 0.246 e.